The average Bonchev–Trinajstić information content (AvgIpc) is 3.05. The first-order valence-electron chi connectivity index (χ1n) is 9.05. The molecule has 0 spiro atoms. The van der Waals surface area contributed by atoms with Crippen LogP contribution in [0.5, 0.6) is 0 Å². The summed E-state index contributed by atoms with van der Waals surface area (Å²) in [5, 5.41) is 12.2. The molecular formula is C21H21N5OS. The van der Waals surface area contributed by atoms with Gasteiger partial charge in [-0.15, -0.1) is 10.2 Å². The lowest BCUT2D eigenvalue weighted by Gasteiger charge is -2.13. The number of aryl methyl sites for hydroxylation is 4. The van der Waals surface area contributed by atoms with Crippen molar-refractivity contribution in [2.24, 2.45) is 0 Å². The Labute approximate surface area is 167 Å². The van der Waals surface area contributed by atoms with Crippen molar-refractivity contribution in [1.29, 1.82) is 0 Å². The topological polar surface area (TPSA) is 72.2 Å². The Balaban J connectivity index is 1.60. The summed E-state index contributed by atoms with van der Waals surface area (Å²) < 4.78 is 1.98. The molecule has 0 saturated carbocycles. The summed E-state index contributed by atoms with van der Waals surface area (Å²) in [6, 6.07) is 12.0. The van der Waals surface area contributed by atoms with Crippen LogP contribution < -0.4 is 5.32 Å². The Morgan fingerprint density at radius 2 is 1.79 bits per heavy atom. The van der Waals surface area contributed by atoms with Crippen LogP contribution in [0.25, 0.3) is 16.7 Å². The normalized spacial score (nSPS) is 11.3. The quantitative estimate of drug-likeness (QED) is 0.527. The molecule has 2 aromatic carbocycles. The van der Waals surface area contributed by atoms with E-state index in [0.717, 1.165) is 33.7 Å². The first-order chi connectivity index (χ1) is 13.4. The van der Waals surface area contributed by atoms with E-state index in [9.17, 15) is 4.79 Å². The lowest BCUT2D eigenvalue weighted by Crippen LogP contribution is -2.16. The second-order valence-electron chi connectivity index (χ2n) is 6.92. The zero-order valence-electron chi connectivity index (χ0n) is 16.3. The van der Waals surface area contributed by atoms with Gasteiger partial charge in [0.2, 0.25) is 5.91 Å². The summed E-state index contributed by atoms with van der Waals surface area (Å²) >= 11 is 1.37. The Morgan fingerprint density at radius 1 is 1.07 bits per heavy atom. The molecule has 142 valence electrons. The zero-order valence-corrected chi connectivity index (χ0v) is 17.1. The fraction of sp³-hybridized carbons (Fsp3) is 0.238. The van der Waals surface area contributed by atoms with Crippen molar-refractivity contribution in [3.8, 4) is 0 Å². The lowest BCUT2D eigenvalue weighted by atomic mass is 10.1. The van der Waals surface area contributed by atoms with Gasteiger partial charge < -0.3 is 5.32 Å². The van der Waals surface area contributed by atoms with Gasteiger partial charge in [-0.2, -0.15) is 0 Å². The summed E-state index contributed by atoms with van der Waals surface area (Å²) in [7, 11) is 0. The zero-order chi connectivity index (χ0) is 19.8. The molecule has 2 aromatic heterocycles. The molecule has 0 aliphatic rings. The van der Waals surface area contributed by atoms with Gasteiger partial charge in [-0.25, -0.2) is 4.98 Å². The number of rotatable bonds is 4. The molecule has 0 aliphatic heterocycles. The Kier molecular flexibility index (Phi) is 4.77. The second-order valence-corrected chi connectivity index (χ2v) is 7.89. The van der Waals surface area contributed by atoms with Crippen LogP contribution >= 0.6 is 11.8 Å². The number of nitrogens with zero attached hydrogens (tertiary/aromatic N) is 4. The average molecular weight is 392 g/mol. The highest BCUT2D eigenvalue weighted by Crippen LogP contribution is 2.26. The van der Waals surface area contributed by atoms with Gasteiger partial charge in [0.1, 0.15) is 10.9 Å². The summed E-state index contributed by atoms with van der Waals surface area (Å²) in [6.45, 7) is 7.99. The first-order valence-corrected chi connectivity index (χ1v) is 10.0. The largest absolute Gasteiger partial charge is 0.325 e. The molecule has 0 atom stereocenters. The molecule has 0 radical (unpaired) electrons. The maximum atomic E-state index is 12.6. The Hall–Kier alpha value is -2.93. The number of nitrogens with one attached hydrogen (secondary N) is 1. The highest BCUT2D eigenvalue weighted by Gasteiger charge is 2.15. The number of thioether (sulfide) groups is 1. The lowest BCUT2D eigenvalue weighted by molar-refractivity contribution is -0.113. The molecule has 4 rings (SSSR count). The van der Waals surface area contributed by atoms with E-state index in [1.165, 1.54) is 17.3 Å². The van der Waals surface area contributed by atoms with Gasteiger partial charge in [0.05, 0.1) is 16.8 Å². The third-order valence-electron chi connectivity index (χ3n) is 4.64. The molecule has 0 unspecified atom stereocenters. The fourth-order valence-electron chi connectivity index (χ4n) is 3.48. The molecule has 0 bridgehead atoms. The van der Waals surface area contributed by atoms with E-state index in [1.807, 2.05) is 49.4 Å². The number of hydrogen-bond donors (Lipinski definition) is 1. The summed E-state index contributed by atoms with van der Waals surface area (Å²) in [6.07, 6.45) is 0. The number of para-hydroxylation sites is 2. The van der Waals surface area contributed by atoms with Crippen molar-refractivity contribution in [3.05, 3.63) is 58.9 Å². The van der Waals surface area contributed by atoms with Crippen molar-refractivity contribution in [1.82, 2.24) is 19.6 Å². The number of fused-ring (bicyclic) bond motifs is 3. The van der Waals surface area contributed by atoms with Crippen LogP contribution in [0.3, 0.4) is 0 Å². The number of carbonyl (C=O) groups excluding carboxylic acids is 1. The summed E-state index contributed by atoms with van der Waals surface area (Å²) in [5.41, 5.74) is 6.69. The minimum absolute atomic E-state index is 0.0654. The molecule has 4 aromatic rings. The standard InChI is InChI=1S/C21H21N5OS/c1-12-9-13(2)19(14(3)10-12)23-18(27)11-28-21-20-25-24-15(4)26(20)17-8-6-5-7-16(17)22-21/h5-10H,11H2,1-4H3,(H,23,27). The first kappa shape index (κ1) is 18.4. The molecule has 0 aliphatic carbocycles. The molecule has 2 heterocycles. The van der Waals surface area contributed by atoms with Gasteiger partial charge in [-0.05, 0) is 51.0 Å². The SMILES string of the molecule is Cc1cc(C)c(NC(=O)CSc2nc3ccccc3n3c(C)nnc23)c(C)c1. The number of amides is 1. The molecule has 0 fully saturated rings. The second kappa shape index (κ2) is 7.24. The monoisotopic (exact) mass is 391 g/mol. The summed E-state index contributed by atoms with van der Waals surface area (Å²) in [4.78, 5) is 17.3. The highest BCUT2D eigenvalue weighted by molar-refractivity contribution is 8.00. The number of aromatic nitrogens is 4. The molecule has 7 heteroatoms. The smallest absolute Gasteiger partial charge is 0.234 e. The van der Waals surface area contributed by atoms with Crippen LogP contribution in [-0.4, -0.2) is 31.2 Å². The van der Waals surface area contributed by atoms with Crippen LogP contribution in [0, 0.1) is 27.7 Å². The molecule has 28 heavy (non-hydrogen) atoms. The minimum atomic E-state index is -0.0654. The van der Waals surface area contributed by atoms with E-state index in [-0.39, 0.29) is 11.7 Å². The molecule has 0 saturated heterocycles. The predicted molar refractivity (Wildman–Crippen MR) is 113 cm³/mol. The van der Waals surface area contributed by atoms with E-state index in [0.29, 0.717) is 10.7 Å². The van der Waals surface area contributed by atoms with Gasteiger partial charge in [0.25, 0.3) is 0 Å². The number of benzene rings is 2. The van der Waals surface area contributed by atoms with Gasteiger partial charge in [-0.3, -0.25) is 9.20 Å². The van der Waals surface area contributed by atoms with Crippen molar-refractivity contribution in [2.75, 3.05) is 11.1 Å². The van der Waals surface area contributed by atoms with E-state index < -0.39 is 0 Å². The third-order valence-corrected chi connectivity index (χ3v) is 5.60. The van der Waals surface area contributed by atoms with Gasteiger partial charge in [0, 0.05) is 5.69 Å². The third kappa shape index (κ3) is 3.33. The Morgan fingerprint density at radius 3 is 2.54 bits per heavy atom. The maximum Gasteiger partial charge on any atom is 0.234 e. The number of anilines is 1. The molecule has 6 nitrogen and oxygen atoms in total. The molecular weight excluding hydrogens is 370 g/mol. The van der Waals surface area contributed by atoms with Crippen molar-refractivity contribution >= 4 is 40.0 Å². The van der Waals surface area contributed by atoms with Crippen LogP contribution in [0.2, 0.25) is 0 Å². The van der Waals surface area contributed by atoms with Crippen molar-refractivity contribution < 1.29 is 4.79 Å². The highest BCUT2D eigenvalue weighted by atomic mass is 32.2. The van der Waals surface area contributed by atoms with Crippen LogP contribution in [0.4, 0.5) is 5.69 Å². The van der Waals surface area contributed by atoms with Crippen molar-refractivity contribution in [3.63, 3.8) is 0 Å². The van der Waals surface area contributed by atoms with E-state index in [4.69, 9.17) is 4.98 Å². The van der Waals surface area contributed by atoms with E-state index >= 15 is 0 Å². The van der Waals surface area contributed by atoms with Crippen LogP contribution in [0.15, 0.2) is 41.4 Å². The van der Waals surface area contributed by atoms with Crippen molar-refractivity contribution in [2.45, 2.75) is 32.7 Å². The van der Waals surface area contributed by atoms with Gasteiger partial charge >= 0.3 is 0 Å². The maximum absolute atomic E-state index is 12.6. The fourth-order valence-corrected chi connectivity index (χ4v) is 4.24. The Bertz CT molecular complexity index is 1190. The predicted octanol–water partition coefficient (Wildman–Crippen LogP) is 4.24. The van der Waals surface area contributed by atoms with Gasteiger partial charge in [0.15, 0.2) is 5.65 Å². The minimum Gasteiger partial charge on any atom is -0.325 e. The summed E-state index contributed by atoms with van der Waals surface area (Å²) in [5.74, 6) is 0.981. The molecule has 1 amide bonds. The number of hydrogen-bond acceptors (Lipinski definition) is 5. The van der Waals surface area contributed by atoms with E-state index in [2.05, 4.69) is 34.6 Å². The van der Waals surface area contributed by atoms with E-state index in [1.54, 1.807) is 0 Å². The molecule has 1 N–H and O–H groups in total. The van der Waals surface area contributed by atoms with Crippen LogP contribution in [-0.2, 0) is 4.79 Å². The number of carbonyl (C=O) groups is 1. The van der Waals surface area contributed by atoms with Gasteiger partial charge in [-0.1, -0.05) is 41.6 Å². The van der Waals surface area contributed by atoms with Crippen LogP contribution in [0.1, 0.15) is 22.5 Å².